The molecule has 1 aromatic heterocycles. The van der Waals surface area contributed by atoms with Crippen LogP contribution in [-0.2, 0) is 29.4 Å². The molecule has 0 spiro atoms. The molecule has 2 aromatic rings. The minimum absolute atomic E-state index is 0.0200. The SMILES string of the molecule is CS(=O)(=O)N1CCc2cc(C(=O)CSc3nnc4n3CCCCC4)ccc21. The number of Topliss-reactive ketones (excluding diaryl/α,β-unsaturated/α-hetero) is 1. The number of thioether (sulfide) groups is 1. The quantitative estimate of drug-likeness (QED) is 0.559. The molecule has 0 N–H and O–H groups in total. The Morgan fingerprint density at radius 2 is 2.00 bits per heavy atom. The summed E-state index contributed by atoms with van der Waals surface area (Å²) < 4.78 is 27.2. The van der Waals surface area contributed by atoms with Gasteiger partial charge in [-0.1, -0.05) is 18.2 Å². The van der Waals surface area contributed by atoms with Gasteiger partial charge in [-0.3, -0.25) is 9.10 Å². The van der Waals surface area contributed by atoms with E-state index in [4.69, 9.17) is 0 Å². The van der Waals surface area contributed by atoms with Crippen molar-refractivity contribution in [1.82, 2.24) is 14.8 Å². The van der Waals surface area contributed by atoms with Crippen molar-refractivity contribution in [2.75, 3.05) is 22.9 Å². The standard InChI is InChI=1S/C18H22N4O3S2/c1-27(24,25)22-10-8-13-11-14(6-7-15(13)22)16(23)12-26-18-20-19-17-5-3-2-4-9-21(17)18/h6-7,11H,2-5,8-10,12H2,1H3. The number of rotatable bonds is 5. The molecular weight excluding hydrogens is 384 g/mol. The molecule has 2 aliphatic rings. The zero-order valence-corrected chi connectivity index (χ0v) is 16.9. The van der Waals surface area contributed by atoms with Crippen LogP contribution in [0.3, 0.4) is 0 Å². The second-order valence-electron chi connectivity index (χ2n) is 7.00. The van der Waals surface area contributed by atoms with Crippen molar-refractivity contribution in [3.05, 3.63) is 35.2 Å². The van der Waals surface area contributed by atoms with Crippen LogP contribution in [0.15, 0.2) is 23.4 Å². The number of fused-ring (bicyclic) bond motifs is 2. The molecule has 0 fully saturated rings. The van der Waals surface area contributed by atoms with Crippen molar-refractivity contribution < 1.29 is 13.2 Å². The molecule has 0 unspecified atom stereocenters. The van der Waals surface area contributed by atoms with Crippen LogP contribution in [0.4, 0.5) is 5.69 Å². The molecule has 7 nitrogen and oxygen atoms in total. The third-order valence-electron chi connectivity index (χ3n) is 5.06. The Kier molecular flexibility index (Phi) is 4.98. The van der Waals surface area contributed by atoms with Crippen LogP contribution in [0, 0.1) is 0 Å². The molecular formula is C18H22N4O3S2. The lowest BCUT2D eigenvalue weighted by Crippen LogP contribution is -2.27. The molecule has 0 bridgehead atoms. The molecule has 0 aliphatic carbocycles. The Hall–Kier alpha value is -1.87. The van der Waals surface area contributed by atoms with Crippen molar-refractivity contribution in [2.24, 2.45) is 0 Å². The average molecular weight is 407 g/mol. The first-order valence-corrected chi connectivity index (χ1v) is 12.0. The van der Waals surface area contributed by atoms with Gasteiger partial charge in [0.15, 0.2) is 10.9 Å². The molecule has 0 atom stereocenters. The summed E-state index contributed by atoms with van der Waals surface area (Å²) >= 11 is 1.43. The molecule has 0 saturated carbocycles. The predicted molar refractivity (Wildman–Crippen MR) is 105 cm³/mol. The summed E-state index contributed by atoms with van der Waals surface area (Å²) in [6, 6.07) is 5.29. The zero-order chi connectivity index (χ0) is 19.0. The summed E-state index contributed by atoms with van der Waals surface area (Å²) in [4.78, 5) is 12.6. The third kappa shape index (κ3) is 3.75. The number of aryl methyl sites for hydroxylation is 1. The highest BCUT2D eigenvalue weighted by Gasteiger charge is 2.27. The summed E-state index contributed by atoms with van der Waals surface area (Å²) in [5, 5.41) is 9.32. The molecule has 144 valence electrons. The monoisotopic (exact) mass is 406 g/mol. The summed E-state index contributed by atoms with van der Waals surface area (Å²) in [5.74, 6) is 1.33. The summed E-state index contributed by atoms with van der Waals surface area (Å²) in [7, 11) is -3.27. The second-order valence-corrected chi connectivity index (χ2v) is 9.85. The van der Waals surface area contributed by atoms with Crippen LogP contribution >= 0.6 is 11.8 Å². The Labute approximate surface area is 163 Å². The second kappa shape index (κ2) is 7.27. The lowest BCUT2D eigenvalue weighted by atomic mass is 10.1. The number of anilines is 1. The highest BCUT2D eigenvalue weighted by molar-refractivity contribution is 7.99. The van der Waals surface area contributed by atoms with Crippen LogP contribution < -0.4 is 4.31 Å². The van der Waals surface area contributed by atoms with Gasteiger partial charge < -0.3 is 4.57 Å². The molecule has 0 saturated heterocycles. The maximum Gasteiger partial charge on any atom is 0.232 e. The van der Waals surface area contributed by atoms with Crippen molar-refractivity contribution in [1.29, 1.82) is 0 Å². The number of hydrogen-bond acceptors (Lipinski definition) is 6. The Balaban J connectivity index is 1.46. The maximum atomic E-state index is 12.6. The van der Waals surface area contributed by atoms with Gasteiger partial charge in [0.2, 0.25) is 10.0 Å². The number of nitrogens with zero attached hydrogens (tertiary/aromatic N) is 4. The predicted octanol–water partition coefficient (Wildman–Crippen LogP) is 2.30. The van der Waals surface area contributed by atoms with E-state index in [9.17, 15) is 13.2 Å². The van der Waals surface area contributed by atoms with E-state index < -0.39 is 10.0 Å². The van der Waals surface area contributed by atoms with Gasteiger partial charge in [0.25, 0.3) is 0 Å². The van der Waals surface area contributed by atoms with Crippen molar-refractivity contribution in [3.63, 3.8) is 0 Å². The van der Waals surface area contributed by atoms with Crippen LogP contribution in [0.25, 0.3) is 0 Å². The van der Waals surface area contributed by atoms with Crippen LogP contribution in [-0.4, -0.2) is 47.5 Å². The highest BCUT2D eigenvalue weighted by atomic mass is 32.2. The maximum absolute atomic E-state index is 12.6. The number of hydrogen-bond donors (Lipinski definition) is 0. The van der Waals surface area contributed by atoms with Gasteiger partial charge in [-0.25, -0.2) is 8.42 Å². The third-order valence-corrected chi connectivity index (χ3v) is 7.21. The molecule has 4 rings (SSSR count). The van der Waals surface area contributed by atoms with E-state index in [-0.39, 0.29) is 5.78 Å². The van der Waals surface area contributed by atoms with Gasteiger partial charge in [-0.05, 0) is 43.0 Å². The lowest BCUT2D eigenvalue weighted by Gasteiger charge is -2.16. The first-order valence-electron chi connectivity index (χ1n) is 9.12. The number of sulfonamides is 1. The van der Waals surface area contributed by atoms with Crippen molar-refractivity contribution >= 4 is 33.3 Å². The average Bonchev–Trinajstić information content (AvgIpc) is 3.16. The van der Waals surface area contributed by atoms with Crippen LogP contribution in [0.5, 0.6) is 0 Å². The van der Waals surface area contributed by atoms with Crippen LogP contribution in [0.2, 0.25) is 0 Å². The van der Waals surface area contributed by atoms with E-state index in [1.165, 1.54) is 28.7 Å². The minimum atomic E-state index is -3.27. The van der Waals surface area contributed by atoms with E-state index >= 15 is 0 Å². The molecule has 9 heteroatoms. The molecule has 0 radical (unpaired) electrons. The Morgan fingerprint density at radius 3 is 2.81 bits per heavy atom. The number of benzene rings is 1. The van der Waals surface area contributed by atoms with Crippen molar-refractivity contribution in [2.45, 2.75) is 43.8 Å². The molecule has 2 aliphatic heterocycles. The van der Waals surface area contributed by atoms with E-state index in [0.717, 1.165) is 42.4 Å². The fourth-order valence-corrected chi connectivity index (χ4v) is 5.50. The Morgan fingerprint density at radius 1 is 1.15 bits per heavy atom. The van der Waals surface area contributed by atoms with Gasteiger partial charge in [-0.2, -0.15) is 0 Å². The topological polar surface area (TPSA) is 85.2 Å². The first-order chi connectivity index (χ1) is 12.9. The smallest absolute Gasteiger partial charge is 0.232 e. The fraction of sp³-hybridized carbons (Fsp3) is 0.500. The summed E-state index contributed by atoms with van der Waals surface area (Å²) in [6.07, 6.45) is 6.25. The van der Waals surface area contributed by atoms with E-state index in [2.05, 4.69) is 14.8 Å². The van der Waals surface area contributed by atoms with Gasteiger partial charge in [0.05, 0.1) is 17.7 Å². The largest absolute Gasteiger partial charge is 0.306 e. The first kappa shape index (κ1) is 18.5. The lowest BCUT2D eigenvalue weighted by molar-refractivity contribution is 0.102. The van der Waals surface area contributed by atoms with E-state index in [1.807, 2.05) is 6.07 Å². The number of carbonyl (C=O) groups excluding carboxylic acids is 1. The van der Waals surface area contributed by atoms with Gasteiger partial charge in [0, 0.05) is 25.1 Å². The molecule has 1 aromatic carbocycles. The summed E-state index contributed by atoms with van der Waals surface area (Å²) in [5.41, 5.74) is 2.21. The molecule has 27 heavy (non-hydrogen) atoms. The molecule has 0 amide bonds. The zero-order valence-electron chi connectivity index (χ0n) is 15.2. The van der Waals surface area contributed by atoms with Gasteiger partial charge >= 0.3 is 0 Å². The highest BCUT2D eigenvalue weighted by Crippen LogP contribution is 2.31. The van der Waals surface area contributed by atoms with Crippen molar-refractivity contribution in [3.8, 4) is 0 Å². The Bertz CT molecular complexity index is 984. The van der Waals surface area contributed by atoms with E-state index in [0.29, 0.717) is 30.0 Å². The minimum Gasteiger partial charge on any atom is -0.306 e. The van der Waals surface area contributed by atoms with Crippen LogP contribution in [0.1, 0.15) is 41.0 Å². The molecule has 3 heterocycles. The summed E-state index contributed by atoms with van der Waals surface area (Å²) in [6.45, 7) is 1.35. The van der Waals surface area contributed by atoms with E-state index in [1.54, 1.807) is 12.1 Å². The number of aromatic nitrogens is 3. The normalized spacial score (nSPS) is 16.7. The number of carbonyl (C=O) groups is 1. The van der Waals surface area contributed by atoms with Gasteiger partial charge in [-0.15, -0.1) is 10.2 Å². The number of ketones is 1. The fourth-order valence-electron chi connectivity index (χ4n) is 3.67. The van der Waals surface area contributed by atoms with Gasteiger partial charge in [0.1, 0.15) is 5.82 Å².